The molecule has 0 fully saturated rings. The van der Waals surface area contributed by atoms with Crippen molar-refractivity contribution < 1.29 is 0 Å². The molecule has 2 aromatic rings. The average molecular weight is 303 g/mol. The van der Waals surface area contributed by atoms with Crippen molar-refractivity contribution in [1.29, 1.82) is 0 Å². The molecule has 1 heterocycles. The molecule has 2 rings (SSSR count). The second-order valence-electron chi connectivity index (χ2n) is 4.45. The summed E-state index contributed by atoms with van der Waals surface area (Å²) in [4.78, 5) is 5.57. The van der Waals surface area contributed by atoms with Gasteiger partial charge in [-0.15, -0.1) is 11.8 Å². The SMILES string of the molecule is CSc1ccccc1NC(=S)Nc1cc(C)cc(C)n1. The first-order chi connectivity index (χ1) is 9.58. The molecule has 0 aliphatic carbocycles. The lowest BCUT2D eigenvalue weighted by atomic mass is 10.2. The molecule has 0 spiro atoms. The van der Waals surface area contributed by atoms with Crippen molar-refractivity contribution in [2.75, 3.05) is 16.9 Å². The second-order valence-corrected chi connectivity index (χ2v) is 5.71. The van der Waals surface area contributed by atoms with Gasteiger partial charge in [-0.25, -0.2) is 4.98 Å². The van der Waals surface area contributed by atoms with E-state index in [1.807, 2.05) is 50.4 Å². The maximum absolute atomic E-state index is 5.34. The summed E-state index contributed by atoms with van der Waals surface area (Å²) >= 11 is 7.02. The Morgan fingerprint density at radius 1 is 1.15 bits per heavy atom. The summed E-state index contributed by atoms with van der Waals surface area (Å²) in [5.74, 6) is 0.765. The predicted molar refractivity (Wildman–Crippen MR) is 91.8 cm³/mol. The zero-order valence-electron chi connectivity index (χ0n) is 11.7. The van der Waals surface area contributed by atoms with E-state index >= 15 is 0 Å². The van der Waals surface area contributed by atoms with Crippen molar-refractivity contribution in [3.05, 3.63) is 47.7 Å². The van der Waals surface area contributed by atoms with Crippen LogP contribution in [0.15, 0.2) is 41.3 Å². The lowest BCUT2D eigenvalue weighted by Gasteiger charge is -2.13. The van der Waals surface area contributed by atoms with Gasteiger partial charge in [0.15, 0.2) is 5.11 Å². The number of para-hydroxylation sites is 1. The van der Waals surface area contributed by atoms with E-state index in [0.29, 0.717) is 5.11 Å². The molecule has 0 saturated heterocycles. The number of hydrogen-bond donors (Lipinski definition) is 2. The number of aryl methyl sites for hydroxylation is 2. The quantitative estimate of drug-likeness (QED) is 0.655. The van der Waals surface area contributed by atoms with Crippen LogP contribution in [0, 0.1) is 13.8 Å². The van der Waals surface area contributed by atoms with Crippen molar-refractivity contribution >= 4 is 40.6 Å². The Bertz CT molecular complexity index is 606. The van der Waals surface area contributed by atoms with Gasteiger partial charge in [-0.05, 0) is 62.2 Å². The molecule has 1 aromatic carbocycles. The first-order valence-electron chi connectivity index (χ1n) is 6.25. The monoisotopic (exact) mass is 303 g/mol. The predicted octanol–water partition coefficient (Wildman–Crippen LogP) is 4.23. The minimum atomic E-state index is 0.545. The van der Waals surface area contributed by atoms with Gasteiger partial charge in [0.25, 0.3) is 0 Å². The van der Waals surface area contributed by atoms with Crippen LogP contribution in [0.3, 0.4) is 0 Å². The van der Waals surface area contributed by atoms with Gasteiger partial charge < -0.3 is 10.6 Å². The fourth-order valence-corrected chi connectivity index (χ4v) is 2.69. The summed E-state index contributed by atoms with van der Waals surface area (Å²) < 4.78 is 0. The van der Waals surface area contributed by atoms with Crippen molar-refractivity contribution in [1.82, 2.24) is 4.98 Å². The van der Waals surface area contributed by atoms with Crippen molar-refractivity contribution in [3.8, 4) is 0 Å². The zero-order valence-corrected chi connectivity index (χ0v) is 13.4. The topological polar surface area (TPSA) is 37.0 Å². The van der Waals surface area contributed by atoms with E-state index < -0.39 is 0 Å². The largest absolute Gasteiger partial charge is 0.331 e. The van der Waals surface area contributed by atoms with Crippen LogP contribution >= 0.6 is 24.0 Å². The third-order valence-electron chi connectivity index (χ3n) is 2.69. The Kier molecular flexibility index (Phi) is 4.98. The fourth-order valence-electron chi connectivity index (χ4n) is 1.92. The van der Waals surface area contributed by atoms with Crippen molar-refractivity contribution in [2.45, 2.75) is 18.7 Å². The summed E-state index contributed by atoms with van der Waals surface area (Å²) in [7, 11) is 0. The first kappa shape index (κ1) is 14.8. The molecule has 5 heteroatoms. The summed E-state index contributed by atoms with van der Waals surface area (Å²) in [6.07, 6.45) is 2.04. The molecule has 104 valence electrons. The number of aromatic nitrogens is 1. The summed E-state index contributed by atoms with van der Waals surface area (Å²) in [6.45, 7) is 4.01. The summed E-state index contributed by atoms with van der Waals surface area (Å²) in [6, 6.07) is 12.1. The standard InChI is InChI=1S/C15H17N3S2/c1-10-8-11(2)16-14(9-10)18-15(19)17-12-6-4-5-7-13(12)20-3/h4-9H,1-3H3,(H2,16,17,18,19). The molecule has 20 heavy (non-hydrogen) atoms. The van der Waals surface area contributed by atoms with Crippen LogP contribution in [0.1, 0.15) is 11.3 Å². The Hall–Kier alpha value is -1.59. The maximum Gasteiger partial charge on any atom is 0.176 e. The maximum atomic E-state index is 5.34. The Morgan fingerprint density at radius 3 is 2.60 bits per heavy atom. The number of pyridine rings is 1. The molecule has 3 nitrogen and oxygen atoms in total. The number of hydrogen-bond acceptors (Lipinski definition) is 3. The van der Waals surface area contributed by atoms with Crippen LogP contribution in [-0.4, -0.2) is 16.4 Å². The van der Waals surface area contributed by atoms with Crippen LogP contribution in [0.25, 0.3) is 0 Å². The molecule has 0 atom stereocenters. The van der Waals surface area contributed by atoms with Gasteiger partial charge >= 0.3 is 0 Å². The van der Waals surface area contributed by atoms with E-state index in [4.69, 9.17) is 12.2 Å². The molecule has 0 aliphatic rings. The Labute approximate surface area is 129 Å². The minimum Gasteiger partial charge on any atom is -0.331 e. The summed E-state index contributed by atoms with van der Waals surface area (Å²) in [5, 5.41) is 6.88. The highest BCUT2D eigenvalue weighted by molar-refractivity contribution is 7.98. The third kappa shape index (κ3) is 3.95. The number of thioether (sulfide) groups is 1. The van der Waals surface area contributed by atoms with Gasteiger partial charge in [0.1, 0.15) is 5.82 Å². The van der Waals surface area contributed by atoms with Crippen LogP contribution in [-0.2, 0) is 0 Å². The fraction of sp³-hybridized carbons (Fsp3) is 0.200. The number of nitrogens with one attached hydrogen (secondary N) is 2. The smallest absolute Gasteiger partial charge is 0.176 e. The molecule has 0 bridgehead atoms. The van der Waals surface area contributed by atoms with Crippen molar-refractivity contribution in [3.63, 3.8) is 0 Å². The molecule has 1 aromatic heterocycles. The van der Waals surface area contributed by atoms with Gasteiger partial charge in [0, 0.05) is 10.6 Å². The molecular weight excluding hydrogens is 286 g/mol. The van der Waals surface area contributed by atoms with E-state index in [1.165, 1.54) is 0 Å². The third-order valence-corrected chi connectivity index (χ3v) is 3.69. The highest BCUT2D eigenvalue weighted by Crippen LogP contribution is 2.24. The summed E-state index contributed by atoms with van der Waals surface area (Å²) in [5.41, 5.74) is 3.13. The molecule has 2 N–H and O–H groups in total. The van der Waals surface area contributed by atoms with Gasteiger partial charge in [0.05, 0.1) is 5.69 Å². The van der Waals surface area contributed by atoms with Crippen LogP contribution < -0.4 is 10.6 Å². The van der Waals surface area contributed by atoms with E-state index in [0.717, 1.165) is 27.7 Å². The van der Waals surface area contributed by atoms with E-state index in [9.17, 15) is 0 Å². The van der Waals surface area contributed by atoms with Gasteiger partial charge in [-0.2, -0.15) is 0 Å². The Morgan fingerprint density at radius 2 is 1.90 bits per heavy atom. The molecule has 0 radical (unpaired) electrons. The normalized spacial score (nSPS) is 10.2. The highest BCUT2D eigenvalue weighted by Gasteiger charge is 2.04. The molecule has 0 aliphatic heterocycles. The molecular formula is C15H17N3S2. The lowest BCUT2D eigenvalue weighted by Crippen LogP contribution is -2.20. The van der Waals surface area contributed by atoms with Crippen LogP contribution in [0.5, 0.6) is 0 Å². The van der Waals surface area contributed by atoms with Gasteiger partial charge in [-0.1, -0.05) is 12.1 Å². The molecule has 0 saturated carbocycles. The lowest BCUT2D eigenvalue weighted by molar-refractivity contribution is 1.18. The van der Waals surface area contributed by atoms with Crippen molar-refractivity contribution in [2.24, 2.45) is 0 Å². The number of rotatable bonds is 3. The number of benzene rings is 1. The first-order valence-corrected chi connectivity index (χ1v) is 7.88. The van der Waals surface area contributed by atoms with E-state index in [1.54, 1.807) is 11.8 Å². The number of nitrogens with zero attached hydrogens (tertiary/aromatic N) is 1. The Balaban J connectivity index is 2.09. The number of thiocarbonyl (C=S) groups is 1. The van der Waals surface area contributed by atoms with Crippen LogP contribution in [0.2, 0.25) is 0 Å². The molecule has 0 unspecified atom stereocenters. The van der Waals surface area contributed by atoms with E-state index in [-0.39, 0.29) is 0 Å². The minimum absolute atomic E-state index is 0.545. The second kappa shape index (κ2) is 6.72. The van der Waals surface area contributed by atoms with E-state index in [2.05, 4.69) is 21.7 Å². The van der Waals surface area contributed by atoms with Crippen LogP contribution in [0.4, 0.5) is 11.5 Å². The van der Waals surface area contributed by atoms with Gasteiger partial charge in [-0.3, -0.25) is 0 Å². The molecule has 0 amide bonds. The van der Waals surface area contributed by atoms with Gasteiger partial charge in [0.2, 0.25) is 0 Å². The number of anilines is 2. The highest BCUT2D eigenvalue weighted by atomic mass is 32.2. The average Bonchev–Trinajstić information content (AvgIpc) is 2.37. The zero-order chi connectivity index (χ0) is 14.5.